The molecule has 0 saturated heterocycles. The molecule has 0 fully saturated rings. The largest absolute Gasteiger partial charge is 0.493 e. The minimum Gasteiger partial charge on any atom is -0.493 e. The second-order valence-electron chi connectivity index (χ2n) is 6.31. The van der Waals surface area contributed by atoms with Crippen molar-refractivity contribution in [3.8, 4) is 11.8 Å². The Balaban J connectivity index is 1.40. The molecule has 136 valence electrons. The number of ether oxygens (including phenoxy) is 1. The van der Waals surface area contributed by atoms with Gasteiger partial charge in [-0.05, 0) is 35.7 Å². The third-order valence-electron chi connectivity index (χ3n) is 4.47. The van der Waals surface area contributed by atoms with Crippen molar-refractivity contribution in [2.45, 2.75) is 18.8 Å². The number of halogens is 1. The summed E-state index contributed by atoms with van der Waals surface area (Å²) in [6.45, 7) is 1.14. The van der Waals surface area contributed by atoms with Gasteiger partial charge in [0.15, 0.2) is 5.92 Å². The Morgan fingerprint density at radius 2 is 2.26 bits per heavy atom. The summed E-state index contributed by atoms with van der Waals surface area (Å²) in [5, 5.41) is 12.6. The summed E-state index contributed by atoms with van der Waals surface area (Å²) in [5.41, 5.74) is 2.77. The van der Waals surface area contributed by atoms with Crippen LogP contribution in [0.5, 0.6) is 5.75 Å². The third kappa shape index (κ3) is 3.62. The van der Waals surface area contributed by atoms with E-state index >= 15 is 0 Å². The van der Waals surface area contributed by atoms with Gasteiger partial charge in [-0.3, -0.25) is 4.79 Å². The van der Waals surface area contributed by atoms with Crippen LogP contribution in [0.1, 0.15) is 22.1 Å². The summed E-state index contributed by atoms with van der Waals surface area (Å²) in [4.78, 5) is 16.7. The van der Waals surface area contributed by atoms with Crippen molar-refractivity contribution in [3.63, 3.8) is 0 Å². The van der Waals surface area contributed by atoms with Gasteiger partial charge in [-0.1, -0.05) is 12.1 Å². The third-order valence-corrected chi connectivity index (χ3v) is 5.57. The maximum Gasteiger partial charge on any atom is 0.244 e. The number of thiazole rings is 1. The van der Waals surface area contributed by atoms with Gasteiger partial charge >= 0.3 is 0 Å². The molecule has 2 aromatic carbocycles. The molecule has 0 saturated carbocycles. The molecule has 1 unspecified atom stereocenters. The number of hydrogen-bond acceptors (Lipinski definition) is 5. The van der Waals surface area contributed by atoms with E-state index in [1.165, 1.54) is 29.0 Å². The number of rotatable bonds is 5. The van der Waals surface area contributed by atoms with E-state index in [0.29, 0.717) is 30.1 Å². The van der Waals surface area contributed by atoms with E-state index in [0.717, 1.165) is 22.4 Å². The normalized spacial score (nSPS) is 13.6. The van der Waals surface area contributed by atoms with E-state index in [4.69, 9.17) is 4.74 Å². The summed E-state index contributed by atoms with van der Waals surface area (Å²) in [7, 11) is 0. The molecule has 0 aliphatic carbocycles. The number of amides is 1. The molecule has 4 rings (SSSR count). The van der Waals surface area contributed by atoms with Crippen LogP contribution in [-0.2, 0) is 17.6 Å². The van der Waals surface area contributed by atoms with Gasteiger partial charge in [0.05, 0.1) is 22.9 Å². The van der Waals surface area contributed by atoms with Gasteiger partial charge in [0.2, 0.25) is 5.91 Å². The summed E-state index contributed by atoms with van der Waals surface area (Å²) >= 11 is 1.24. The van der Waals surface area contributed by atoms with Gasteiger partial charge in [0.1, 0.15) is 16.6 Å². The average molecular weight is 381 g/mol. The number of carbonyl (C=O) groups excluding carboxylic acids is 1. The molecule has 27 heavy (non-hydrogen) atoms. The van der Waals surface area contributed by atoms with Crippen molar-refractivity contribution >= 4 is 27.5 Å². The summed E-state index contributed by atoms with van der Waals surface area (Å²) in [6, 6.07) is 12.3. The first-order valence-corrected chi connectivity index (χ1v) is 9.43. The fourth-order valence-electron chi connectivity index (χ4n) is 3.10. The highest BCUT2D eigenvalue weighted by atomic mass is 32.1. The number of fused-ring (bicyclic) bond motifs is 2. The summed E-state index contributed by atoms with van der Waals surface area (Å²) < 4.78 is 19.5. The fraction of sp³-hybridized carbons (Fsp3) is 0.250. The number of carbonyl (C=O) groups is 1. The van der Waals surface area contributed by atoms with E-state index in [1.807, 2.05) is 18.2 Å². The molecule has 0 radical (unpaired) electrons. The predicted octanol–water partition coefficient (Wildman–Crippen LogP) is 3.34. The number of nitrogens with one attached hydrogen (secondary N) is 1. The Hall–Kier alpha value is -2.98. The molecule has 1 aliphatic rings. The Kier molecular flexibility index (Phi) is 4.73. The number of hydrogen-bond donors (Lipinski definition) is 1. The lowest BCUT2D eigenvalue weighted by molar-refractivity contribution is -0.121. The van der Waals surface area contributed by atoms with Crippen LogP contribution in [-0.4, -0.2) is 24.0 Å². The molecule has 7 heteroatoms. The molecule has 1 aromatic heterocycles. The molecular formula is C20H16FN3O2S. The zero-order valence-corrected chi connectivity index (χ0v) is 15.2. The number of aromatic nitrogens is 1. The second kappa shape index (κ2) is 7.33. The van der Waals surface area contributed by atoms with Gasteiger partial charge in [-0.15, -0.1) is 11.3 Å². The van der Waals surface area contributed by atoms with E-state index in [-0.39, 0.29) is 5.91 Å². The van der Waals surface area contributed by atoms with E-state index < -0.39 is 11.7 Å². The highest BCUT2D eigenvalue weighted by molar-refractivity contribution is 7.18. The monoisotopic (exact) mass is 381 g/mol. The molecule has 1 N–H and O–H groups in total. The molecule has 1 aliphatic heterocycles. The minimum atomic E-state index is -1.00. The van der Waals surface area contributed by atoms with Gasteiger partial charge in [-0.2, -0.15) is 5.26 Å². The molecule has 3 aromatic rings. The Bertz CT molecular complexity index is 1060. The van der Waals surface area contributed by atoms with E-state index in [9.17, 15) is 14.4 Å². The molecule has 5 nitrogen and oxygen atoms in total. The highest BCUT2D eigenvalue weighted by Gasteiger charge is 2.24. The molecule has 2 heterocycles. The zero-order chi connectivity index (χ0) is 18.8. The molecule has 0 spiro atoms. The summed E-state index contributed by atoms with van der Waals surface area (Å²) in [6.07, 6.45) is 1.58. The second-order valence-corrected chi connectivity index (χ2v) is 7.37. The smallest absolute Gasteiger partial charge is 0.244 e. The molecular weight excluding hydrogens is 365 g/mol. The zero-order valence-electron chi connectivity index (χ0n) is 14.4. The van der Waals surface area contributed by atoms with Crippen LogP contribution in [0.25, 0.3) is 10.2 Å². The lowest BCUT2D eigenvalue weighted by Crippen LogP contribution is -2.30. The first-order valence-electron chi connectivity index (χ1n) is 8.62. The van der Waals surface area contributed by atoms with Crippen LogP contribution in [0, 0.1) is 17.1 Å². The fourth-order valence-corrected chi connectivity index (χ4v) is 4.09. The van der Waals surface area contributed by atoms with Gasteiger partial charge < -0.3 is 10.1 Å². The Morgan fingerprint density at radius 3 is 3.11 bits per heavy atom. The van der Waals surface area contributed by atoms with Crippen molar-refractivity contribution in [1.29, 1.82) is 5.26 Å². The average Bonchev–Trinajstić information content (AvgIpc) is 3.28. The van der Waals surface area contributed by atoms with Crippen LogP contribution < -0.4 is 10.1 Å². The minimum absolute atomic E-state index is 0.380. The standard InChI is InChI=1S/C20H16FN3O2S/c21-14-2-4-18-16(10-14)24-20(27-18)15(11-22)19(25)23-7-5-12-1-3-17-13(9-12)6-8-26-17/h1-4,9-10,15H,5-8H2,(H,23,25). The van der Waals surface area contributed by atoms with Crippen LogP contribution in [0.4, 0.5) is 4.39 Å². The van der Waals surface area contributed by atoms with E-state index in [1.54, 1.807) is 6.07 Å². The maximum atomic E-state index is 13.3. The first-order chi connectivity index (χ1) is 13.1. The van der Waals surface area contributed by atoms with Crippen molar-refractivity contribution < 1.29 is 13.9 Å². The van der Waals surface area contributed by atoms with Crippen molar-refractivity contribution in [2.75, 3.05) is 13.2 Å². The van der Waals surface area contributed by atoms with Crippen LogP contribution in [0.15, 0.2) is 36.4 Å². The van der Waals surface area contributed by atoms with E-state index in [2.05, 4.69) is 16.4 Å². The SMILES string of the molecule is N#CC(C(=O)NCCc1ccc2c(c1)CCO2)c1nc2cc(F)ccc2s1. The quantitative estimate of drug-likeness (QED) is 0.736. The number of benzene rings is 2. The van der Waals surface area contributed by atoms with Gasteiger partial charge in [-0.25, -0.2) is 9.37 Å². The number of nitriles is 1. The highest BCUT2D eigenvalue weighted by Crippen LogP contribution is 2.28. The predicted molar refractivity (Wildman–Crippen MR) is 100 cm³/mol. The van der Waals surface area contributed by atoms with Gasteiger partial charge in [0, 0.05) is 19.0 Å². The van der Waals surface area contributed by atoms with Crippen LogP contribution in [0.2, 0.25) is 0 Å². The van der Waals surface area contributed by atoms with Crippen LogP contribution >= 0.6 is 11.3 Å². The molecule has 0 bridgehead atoms. The molecule has 1 atom stereocenters. The Labute approximate surface area is 159 Å². The van der Waals surface area contributed by atoms with Crippen molar-refractivity contribution in [1.82, 2.24) is 10.3 Å². The lowest BCUT2D eigenvalue weighted by atomic mass is 10.1. The number of nitrogens with zero attached hydrogens (tertiary/aromatic N) is 2. The maximum absolute atomic E-state index is 13.3. The van der Waals surface area contributed by atoms with Crippen molar-refractivity contribution in [2.24, 2.45) is 0 Å². The topological polar surface area (TPSA) is 75.0 Å². The lowest BCUT2D eigenvalue weighted by Gasteiger charge is -2.09. The summed E-state index contributed by atoms with van der Waals surface area (Å²) in [5.74, 6) is -0.850. The molecule has 1 amide bonds. The first kappa shape index (κ1) is 17.4. The van der Waals surface area contributed by atoms with Crippen LogP contribution in [0.3, 0.4) is 0 Å². The van der Waals surface area contributed by atoms with Crippen molar-refractivity contribution in [3.05, 3.63) is 58.3 Å². The Morgan fingerprint density at radius 1 is 1.37 bits per heavy atom. The van der Waals surface area contributed by atoms with Gasteiger partial charge in [0.25, 0.3) is 0 Å².